The van der Waals surface area contributed by atoms with Crippen molar-refractivity contribution in [3.05, 3.63) is 42.1 Å². The van der Waals surface area contributed by atoms with Gasteiger partial charge in [-0.05, 0) is 68.7 Å². The quantitative estimate of drug-likeness (QED) is 0.738. The zero-order valence-electron chi connectivity index (χ0n) is 15.5. The summed E-state index contributed by atoms with van der Waals surface area (Å²) in [6.45, 7) is 3.51. The van der Waals surface area contributed by atoms with Gasteiger partial charge in [-0.3, -0.25) is 0 Å². The molecule has 27 heavy (non-hydrogen) atoms. The average Bonchev–Trinajstić information content (AvgIpc) is 3.12. The van der Waals surface area contributed by atoms with Crippen LogP contribution in [0.25, 0.3) is 11.0 Å². The van der Waals surface area contributed by atoms with Crippen molar-refractivity contribution in [1.29, 1.82) is 0 Å². The van der Waals surface area contributed by atoms with Gasteiger partial charge in [-0.2, -0.15) is 0 Å². The summed E-state index contributed by atoms with van der Waals surface area (Å²) in [6, 6.07) is 10.1. The first-order valence-corrected chi connectivity index (χ1v) is 9.59. The molecule has 2 aliphatic heterocycles. The smallest absolute Gasteiger partial charge is 0.163 e. The number of aromatic nitrogens is 2. The molecule has 6 nitrogen and oxygen atoms in total. The van der Waals surface area contributed by atoms with Crippen molar-refractivity contribution in [2.75, 3.05) is 38.7 Å². The van der Waals surface area contributed by atoms with Gasteiger partial charge in [0.25, 0.3) is 0 Å². The van der Waals surface area contributed by atoms with E-state index < -0.39 is 0 Å². The summed E-state index contributed by atoms with van der Waals surface area (Å²) in [4.78, 5) is 10.5. The number of hydrogen-bond acceptors (Lipinski definition) is 5. The molecular weight excluding hydrogens is 340 g/mol. The fourth-order valence-electron chi connectivity index (χ4n) is 4.02. The van der Waals surface area contributed by atoms with Gasteiger partial charge < -0.3 is 24.7 Å². The Morgan fingerprint density at radius 2 is 1.89 bits per heavy atom. The first-order chi connectivity index (χ1) is 13.3. The number of benzene rings is 1. The van der Waals surface area contributed by atoms with Crippen molar-refractivity contribution in [2.24, 2.45) is 0 Å². The first kappa shape index (κ1) is 16.4. The van der Waals surface area contributed by atoms with Gasteiger partial charge in [-0.15, -0.1) is 0 Å². The fraction of sp³-hybridized carbons (Fsp3) is 0.381. The molecule has 2 N–H and O–H groups in total. The number of fused-ring (bicyclic) bond motifs is 2. The van der Waals surface area contributed by atoms with Crippen molar-refractivity contribution in [3.63, 3.8) is 0 Å². The third-order valence-electron chi connectivity index (χ3n) is 5.54. The van der Waals surface area contributed by atoms with Gasteiger partial charge in [0.2, 0.25) is 0 Å². The molecule has 4 heterocycles. The van der Waals surface area contributed by atoms with E-state index in [0.717, 1.165) is 41.7 Å². The number of hydrogen-bond donors (Lipinski definition) is 2. The molecule has 1 fully saturated rings. The Balaban J connectivity index is 1.37. The molecule has 0 radical (unpaired) electrons. The number of aromatic amines is 1. The van der Waals surface area contributed by atoms with Crippen LogP contribution in [0.3, 0.4) is 0 Å². The topological polar surface area (TPSA) is 62.4 Å². The number of H-pyrrole nitrogens is 1. The fourth-order valence-corrected chi connectivity index (χ4v) is 4.02. The molecule has 0 amide bonds. The lowest BCUT2D eigenvalue weighted by Gasteiger charge is -2.28. The van der Waals surface area contributed by atoms with E-state index in [-0.39, 0.29) is 0 Å². The van der Waals surface area contributed by atoms with E-state index in [4.69, 9.17) is 14.5 Å². The van der Waals surface area contributed by atoms with Crippen molar-refractivity contribution in [3.8, 4) is 11.5 Å². The maximum absolute atomic E-state index is 5.66. The maximum Gasteiger partial charge on any atom is 0.163 e. The average molecular weight is 364 g/mol. The molecular formula is C21H24N4O2. The minimum atomic E-state index is 0.586. The van der Waals surface area contributed by atoms with E-state index in [2.05, 4.69) is 34.5 Å². The van der Waals surface area contributed by atoms with Crippen LogP contribution in [0.1, 0.15) is 24.3 Å². The highest BCUT2D eigenvalue weighted by molar-refractivity contribution is 5.82. The van der Waals surface area contributed by atoms with Crippen molar-refractivity contribution < 1.29 is 9.47 Å². The highest BCUT2D eigenvalue weighted by Crippen LogP contribution is 2.35. The Labute approximate surface area is 158 Å². The van der Waals surface area contributed by atoms with Gasteiger partial charge >= 0.3 is 0 Å². The van der Waals surface area contributed by atoms with E-state index in [0.29, 0.717) is 19.1 Å². The molecule has 0 bridgehead atoms. The molecule has 5 rings (SSSR count). The van der Waals surface area contributed by atoms with Gasteiger partial charge in [0.15, 0.2) is 11.5 Å². The van der Waals surface area contributed by atoms with Crippen LogP contribution in [0.5, 0.6) is 11.5 Å². The van der Waals surface area contributed by atoms with Crippen LogP contribution in [0, 0.1) is 0 Å². The van der Waals surface area contributed by atoms with E-state index >= 15 is 0 Å². The Morgan fingerprint density at radius 3 is 2.74 bits per heavy atom. The number of nitrogens with one attached hydrogen (secondary N) is 2. The van der Waals surface area contributed by atoms with Crippen LogP contribution in [0.4, 0.5) is 11.5 Å². The van der Waals surface area contributed by atoms with Gasteiger partial charge in [-0.25, -0.2) is 4.98 Å². The summed E-state index contributed by atoms with van der Waals surface area (Å²) in [5, 5.41) is 4.60. The molecule has 3 aromatic rings. The third kappa shape index (κ3) is 3.21. The molecule has 2 aromatic heterocycles. The number of ether oxygens (including phenoxy) is 2. The highest BCUT2D eigenvalue weighted by atomic mass is 16.6. The van der Waals surface area contributed by atoms with Crippen molar-refractivity contribution in [2.45, 2.75) is 18.8 Å². The second kappa shape index (κ2) is 6.78. The molecule has 0 atom stereocenters. The molecule has 140 valence electrons. The summed E-state index contributed by atoms with van der Waals surface area (Å²) < 4.78 is 11.2. The molecule has 0 saturated carbocycles. The maximum atomic E-state index is 5.66. The Hall–Kier alpha value is -2.73. The Kier molecular flexibility index (Phi) is 4.13. The van der Waals surface area contributed by atoms with Gasteiger partial charge in [0.05, 0.1) is 0 Å². The third-order valence-corrected chi connectivity index (χ3v) is 5.54. The molecule has 0 unspecified atom stereocenters. The van der Waals surface area contributed by atoms with Gasteiger partial charge in [-0.1, -0.05) is 0 Å². The van der Waals surface area contributed by atoms with Crippen LogP contribution in [0.15, 0.2) is 36.5 Å². The normalized spacial score (nSPS) is 18.0. The summed E-state index contributed by atoms with van der Waals surface area (Å²) in [5.41, 5.74) is 3.27. The minimum absolute atomic E-state index is 0.586. The van der Waals surface area contributed by atoms with E-state index in [1.807, 2.05) is 24.3 Å². The second-order valence-corrected chi connectivity index (χ2v) is 7.40. The van der Waals surface area contributed by atoms with Crippen LogP contribution < -0.4 is 14.8 Å². The predicted molar refractivity (Wildman–Crippen MR) is 106 cm³/mol. The molecule has 1 saturated heterocycles. The number of nitrogens with zero attached hydrogens (tertiary/aromatic N) is 2. The number of piperidine rings is 1. The largest absolute Gasteiger partial charge is 0.486 e. The van der Waals surface area contributed by atoms with Crippen LogP contribution in [0.2, 0.25) is 0 Å². The lowest BCUT2D eigenvalue weighted by molar-refractivity contribution is 0.171. The number of likely N-dealkylation sites (tertiary alicyclic amines) is 1. The summed E-state index contributed by atoms with van der Waals surface area (Å²) in [6.07, 6.45) is 4.56. The lowest BCUT2D eigenvalue weighted by Crippen LogP contribution is -2.29. The van der Waals surface area contributed by atoms with E-state index in [1.54, 1.807) is 0 Å². The Bertz CT molecular complexity index is 960. The van der Waals surface area contributed by atoms with Crippen LogP contribution in [-0.4, -0.2) is 48.2 Å². The van der Waals surface area contributed by atoms with Crippen molar-refractivity contribution >= 4 is 22.5 Å². The Morgan fingerprint density at radius 1 is 1.07 bits per heavy atom. The monoisotopic (exact) mass is 364 g/mol. The molecule has 2 aliphatic rings. The SMILES string of the molecule is CN1CCC(c2c[nH]c3nc(Nc4ccc5c(c4)OCCO5)ccc23)CC1. The zero-order chi connectivity index (χ0) is 18.2. The molecule has 1 aromatic carbocycles. The molecule has 6 heteroatoms. The van der Waals surface area contributed by atoms with Gasteiger partial charge in [0.1, 0.15) is 24.7 Å². The summed E-state index contributed by atoms with van der Waals surface area (Å²) in [7, 11) is 2.20. The molecule has 0 aliphatic carbocycles. The number of anilines is 2. The van der Waals surface area contributed by atoms with Crippen LogP contribution in [-0.2, 0) is 0 Å². The first-order valence-electron chi connectivity index (χ1n) is 9.59. The number of rotatable bonds is 3. The second-order valence-electron chi connectivity index (χ2n) is 7.40. The minimum Gasteiger partial charge on any atom is -0.486 e. The van der Waals surface area contributed by atoms with Gasteiger partial charge in [0, 0.05) is 23.3 Å². The summed E-state index contributed by atoms with van der Waals surface area (Å²) in [5.74, 6) is 3.00. The number of pyridine rings is 1. The standard InChI is InChI=1S/C21H24N4O2/c1-25-8-6-14(7-9-25)17-13-22-21-16(17)3-5-20(24-21)23-15-2-4-18-19(12-15)27-11-10-26-18/h2-5,12-14H,6-11H2,1H3,(H2,22,23,24). The summed E-state index contributed by atoms with van der Waals surface area (Å²) >= 11 is 0. The van der Waals surface area contributed by atoms with Crippen LogP contribution >= 0.6 is 0 Å². The molecule has 0 spiro atoms. The lowest BCUT2D eigenvalue weighted by atomic mass is 9.90. The zero-order valence-corrected chi connectivity index (χ0v) is 15.5. The van der Waals surface area contributed by atoms with E-state index in [1.165, 1.54) is 23.8 Å². The van der Waals surface area contributed by atoms with E-state index in [9.17, 15) is 0 Å². The predicted octanol–water partition coefficient (Wildman–Crippen LogP) is 3.89. The highest BCUT2D eigenvalue weighted by Gasteiger charge is 2.21. The van der Waals surface area contributed by atoms with Crippen molar-refractivity contribution in [1.82, 2.24) is 14.9 Å².